The maximum absolute atomic E-state index is 13.6. The van der Waals surface area contributed by atoms with Crippen molar-refractivity contribution in [2.45, 2.75) is 100 Å². The van der Waals surface area contributed by atoms with Crippen LogP contribution in [0.1, 0.15) is 69.8 Å². The van der Waals surface area contributed by atoms with E-state index in [0.717, 1.165) is 31.9 Å². The Balaban J connectivity index is 0.000000319. The summed E-state index contributed by atoms with van der Waals surface area (Å²) in [4.78, 5) is 50.3. The molecule has 0 spiro atoms. The standard InChI is InChI=1S/C15H32N2.C14H9ClF3NO2.C7H15Cl2N2O2P.2C4H6O6/c1-16(12-6-7-13-16)10-4-3-5-11-17(2)14-8-9-15-17;15-9-3-4-11-10(7-9)13(14(16,17)18,21-12(20)19-11)6-5-8-1-2-8;8-2-4-10-14(12)11(6-3-9)5-1-7-13-14;2*5-1(3(7)8)2(6)4(9)10/h3-15H2,1-2H3;3-4,7-8H,1-2H2,(H,19,20);1-7H2,(H,10,12);2*1-2,5-6H,(H,7,8)(H,9,10)/q+2;;;;/p-2/t;13-;;;/m.0.../s1. The van der Waals surface area contributed by atoms with Gasteiger partial charge in [-0.1, -0.05) is 17.5 Å². The number of alkyl halides is 5. The van der Waals surface area contributed by atoms with E-state index in [1.165, 1.54) is 105 Å². The molecule has 8 N–H and O–H groups in total. The zero-order valence-electron chi connectivity index (χ0n) is 40.0. The minimum atomic E-state index is -4.87. The molecule has 21 nitrogen and oxygen atoms in total. The molecular formula is C44H66Cl3F3N5O16P. The van der Waals surface area contributed by atoms with E-state index >= 15 is 0 Å². The number of aliphatic hydroxyl groups excluding tert-OH is 4. The van der Waals surface area contributed by atoms with Crippen LogP contribution in [0.25, 0.3) is 0 Å². The van der Waals surface area contributed by atoms with Crippen LogP contribution in [0.4, 0.5) is 23.7 Å². The number of quaternary nitrogens is 2. The third kappa shape index (κ3) is 21.0. The van der Waals surface area contributed by atoms with Crippen LogP contribution in [-0.4, -0.2) is 196 Å². The molecule has 0 aromatic heterocycles. The van der Waals surface area contributed by atoms with Gasteiger partial charge in [0, 0.05) is 73.6 Å². The second-order valence-electron chi connectivity index (χ2n) is 18.0. The van der Waals surface area contributed by atoms with E-state index in [-0.39, 0.29) is 22.2 Å². The number of benzene rings is 1. The highest BCUT2D eigenvalue weighted by Gasteiger charge is 2.62. The highest BCUT2D eigenvalue weighted by atomic mass is 35.5. The predicted octanol–water partition coefficient (Wildman–Crippen LogP) is 1.68. The molecule has 1 amide bonds. The first-order valence-corrected chi connectivity index (χ1v) is 26.2. The quantitative estimate of drug-likeness (QED) is 0.0362. The van der Waals surface area contributed by atoms with Crippen molar-refractivity contribution >= 4 is 78.1 Å². The van der Waals surface area contributed by atoms with E-state index in [0.29, 0.717) is 31.5 Å². The number of aliphatic carboxylic acids is 4. The summed E-state index contributed by atoms with van der Waals surface area (Å²) in [5.41, 5.74) is -3.27. The fourth-order valence-corrected chi connectivity index (χ4v) is 10.4. The van der Waals surface area contributed by atoms with Gasteiger partial charge in [0.05, 0.1) is 77.6 Å². The minimum absolute atomic E-state index is 0.00179. The fourth-order valence-electron chi connectivity index (χ4n) is 7.71. The molecule has 4 fully saturated rings. The van der Waals surface area contributed by atoms with Gasteiger partial charge in [-0.25, -0.2) is 24.1 Å². The van der Waals surface area contributed by atoms with E-state index in [1.54, 1.807) is 4.67 Å². The fraction of sp³-hybridized carbons (Fsp3) is 0.705. The first-order chi connectivity index (χ1) is 33.6. The molecule has 6 rings (SSSR count). The van der Waals surface area contributed by atoms with Crippen molar-refractivity contribution in [2.24, 2.45) is 5.92 Å². The van der Waals surface area contributed by atoms with Gasteiger partial charge < -0.3 is 68.7 Å². The lowest BCUT2D eigenvalue weighted by atomic mass is 9.90. The maximum atomic E-state index is 13.6. The Labute approximate surface area is 430 Å². The van der Waals surface area contributed by atoms with Gasteiger partial charge in [0.25, 0.3) is 5.60 Å². The lowest BCUT2D eigenvalue weighted by molar-refractivity contribution is -0.899. The maximum Gasteiger partial charge on any atom is 0.445 e. The van der Waals surface area contributed by atoms with E-state index in [9.17, 15) is 51.9 Å². The number of ether oxygens (including phenoxy) is 1. The van der Waals surface area contributed by atoms with Crippen LogP contribution in [0.3, 0.4) is 0 Å². The molecule has 0 radical (unpaired) electrons. The van der Waals surface area contributed by atoms with Crippen molar-refractivity contribution in [1.82, 2.24) is 9.76 Å². The number of carbonyl (C=O) groups excluding carboxylic acids is 3. The molecule has 72 heavy (non-hydrogen) atoms. The number of cyclic esters (lactones) is 1. The summed E-state index contributed by atoms with van der Waals surface area (Å²) < 4.78 is 67.4. The smallest absolute Gasteiger partial charge is 0.445 e. The van der Waals surface area contributed by atoms with Crippen molar-refractivity contribution in [2.75, 3.05) is 96.7 Å². The monoisotopic (exact) mass is 1110 g/mol. The number of nitrogens with one attached hydrogen (secondary N) is 2. The number of aliphatic hydroxyl groups is 4. The molecule has 1 saturated carbocycles. The Morgan fingerprint density at radius 3 is 1.78 bits per heavy atom. The van der Waals surface area contributed by atoms with Gasteiger partial charge in [-0.15, -0.1) is 23.2 Å². The number of rotatable bonds is 17. The number of hydrogen-bond acceptors (Lipinski definition) is 14. The number of carboxylic acids is 4. The number of amides is 1. The van der Waals surface area contributed by atoms with Gasteiger partial charge in [-0.05, 0) is 62.6 Å². The molecule has 4 aliphatic heterocycles. The first kappa shape index (κ1) is 64.6. The average Bonchev–Trinajstić information content (AvgIpc) is 3.89. The Bertz CT molecular complexity index is 1960. The molecule has 5 unspecified atom stereocenters. The summed E-state index contributed by atoms with van der Waals surface area (Å²) in [6.07, 6.45) is -2.83. The zero-order valence-corrected chi connectivity index (χ0v) is 43.2. The minimum Gasteiger partial charge on any atom is -0.547 e. The molecule has 4 heterocycles. The van der Waals surface area contributed by atoms with Crippen molar-refractivity contribution in [3.05, 3.63) is 28.8 Å². The Morgan fingerprint density at radius 1 is 0.875 bits per heavy atom. The van der Waals surface area contributed by atoms with Gasteiger partial charge >= 0.3 is 31.9 Å². The van der Waals surface area contributed by atoms with Crippen LogP contribution in [0, 0.1) is 17.8 Å². The molecule has 3 saturated heterocycles. The van der Waals surface area contributed by atoms with Gasteiger partial charge in [0.2, 0.25) is 0 Å². The molecule has 6 atom stereocenters. The summed E-state index contributed by atoms with van der Waals surface area (Å²) in [7, 11) is 2.08. The summed E-state index contributed by atoms with van der Waals surface area (Å²) in [6.45, 7) is 11.0. The Hall–Kier alpha value is -3.54. The highest BCUT2D eigenvalue weighted by Crippen LogP contribution is 2.49. The summed E-state index contributed by atoms with van der Waals surface area (Å²) >= 11 is 16.9. The third-order valence-electron chi connectivity index (χ3n) is 12.0. The van der Waals surface area contributed by atoms with Gasteiger partial charge in [0.1, 0.15) is 12.2 Å². The predicted molar refractivity (Wildman–Crippen MR) is 252 cm³/mol. The molecular weight excluding hydrogens is 1050 g/mol. The van der Waals surface area contributed by atoms with Gasteiger partial charge in [0.15, 0.2) is 12.2 Å². The largest absolute Gasteiger partial charge is 0.547 e. The van der Waals surface area contributed by atoms with E-state index in [2.05, 4.69) is 41.1 Å². The molecule has 5 aliphatic rings. The van der Waals surface area contributed by atoms with Crippen molar-refractivity contribution < 1.29 is 101 Å². The molecule has 28 heteroatoms. The van der Waals surface area contributed by atoms with Crippen LogP contribution in [-0.2, 0) is 38.6 Å². The second kappa shape index (κ2) is 30.1. The molecule has 1 aliphatic carbocycles. The van der Waals surface area contributed by atoms with Crippen LogP contribution in [0.2, 0.25) is 5.02 Å². The number of anilines is 1. The zero-order chi connectivity index (χ0) is 54.5. The first-order valence-electron chi connectivity index (χ1n) is 23.1. The molecule has 410 valence electrons. The molecule has 0 bridgehead atoms. The van der Waals surface area contributed by atoms with Gasteiger partial charge in [-0.2, -0.15) is 13.2 Å². The van der Waals surface area contributed by atoms with E-state index in [1.807, 2.05) is 0 Å². The lowest BCUT2D eigenvalue weighted by Crippen LogP contribution is -2.49. The number of hydrogen-bond donors (Lipinski definition) is 8. The third-order valence-corrected chi connectivity index (χ3v) is 14.9. The van der Waals surface area contributed by atoms with Crippen molar-refractivity contribution in [1.29, 1.82) is 0 Å². The van der Waals surface area contributed by atoms with Crippen molar-refractivity contribution in [3.63, 3.8) is 0 Å². The summed E-state index contributed by atoms with van der Waals surface area (Å²) in [5, 5.41) is 73.4. The normalized spacial score (nSPS) is 23.4. The van der Waals surface area contributed by atoms with Crippen molar-refractivity contribution in [3.8, 4) is 11.8 Å². The van der Waals surface area contributed by atoms with Crippen LogP contribution in [0.15, 0.2) is 18.2 Å². The number of carboxylic acid groups (broad SMARTS) is 4. The summed E-state index contributed by atoms with van der Waals surface area (Å²) in [5.74, 6) is -2.18. The number of nitrogens with zero attached hydrogens (tertiary/aromatic N) is 3. The molecule has 1 aromatic carbocycles. The number of halogens is 6. The number of carbonyl (C=O) groups is 5. The van der Waals surface area contributed by atoms with Crippen LogP contribution < -0.4 is 20.6 Å². The summed E-state index contributed by atoms with van der Waals surface area (Å²) in [6, 6.07) is 3.81. The topological polar surface area (TPSA) is 316 Å². The highest BCUT2D eigenvalue weighted by molar-refractivity contribution is 7.54. The number of likely N-dealkylation sites (tertiary alicyclic amines) is 2. The molecule has 1 aromatic rings. The SMILES string of the molecule is C[N+]1(CCCCC[N+]2(C)CCCC2)CCCC1.O=C([O-])C(O)C(O)C(=O)O.O=C([O-])C(O)C(O)C(=O)O.O=C1Nc2ccc(Cl)cc2[C@@](C#CC2CC2)(C(F)(F)F)O1.O=P1(NCCCl)OCCCN1CCCl. The average molecular weight is 1120 g/mol. The lowest BCUT2D eigenvalue weighted by Gasteiger charge is -2.35. The Morgan fingerprint density at radius 2 is 1.38 bits per heavy atom. The number of fused-ring (bicyclic) bond motifs is 1. The van der Waals surface area contributed by atoms with Gasteiger partial charge in [-0.3, -0.25) is 9.88 Å². The van der Waals surface area contributed by atoms with E-state index < -0.39 is 73.8 Å². The second-order valence-corrected chi connectivity index (χ2v) is 21.4. The number of unbranched alkanes of at least 4 members (excludes halogenated alkanes) is 2. The van der Waals surface area contributed by atoms with Crippen LogP contribution in [0.5, 0.6) is 0 Å². The van der Waals surface area contributed by atoms with E-state index in [4.69, 9.17) is 70.0 Å². The Kier molecular flexibility index (Phi) is 27.0. The van der Waals surface area contributed by atoms with Crippen LogP contribution >= 0.6 is 42.5 Å².